The molecule has 136 valence electrons. The highest BCUT2D eigenvalue weighted by Gasteiger charge is 2.33. The van der Waals surface area contributed by atoms with Crippen LogP contribution in [0.5, 0.6) is 0 Å². The average molecular weight is 336 g/mol. The van der Waals surface area contributed by atoms with Gasteiger partial charge in [-0.15, -0.1) is 0 Å². The molecule has 0 saturated carbocycles. The molecule has 0 aromatic carbocycles. The number of hydrogen-bond donors (Lipinski definition) is 1. The Morgan fingerprint density at radius 3 is 2.21 bits per heavy atom. The molecule has 4 heteroatoms. The fraction of sp³-hybridized carbons (Fsp3) is 0.650. The molecule has 1 heterocycles. The van der Waals surface area contributed by atoms with Gasteiger partial charge in [-0.1, -0.05) is 56.2 Å². The van der Waals surface area contributed by atoms with E-state index in [9.17, 15) is 4.79 Å². The second-order valence-corrected chi connectivity index (χ2v) is 6.17. The van der Waals surface area contributed by atoms with Gasteiger partial charge in [0.1, 0.15) is 12.2 Å². The van der Waals surface area contributed by atoms with E-state index in [1.807, 2.05) is 0 Å². The summed E-state index contributed by atoms with van der Waals surface area (Å²) < 4.78 is 0. The van der Waals surface area contributed by atoms with Crippen molar-refractivity contribution in [2.24, 2.45) is 0 Å². The molecule has 1 aliphatic heterocycles. The lowest BCUT2D eigenvalue weighted by atomic mass is 10.0. The molecule has 2 atom stereocenters. The SMILES string of the molecule is CCCCC/C=C\C/C=C\C/C=C\C[C@@H]1OO[C@@H]1CCCC(=O)O. The lowest BCUT2D eigenvalue weighted by Gasteiger charge is -2.34. The number of aliphatic carboxylic acids is 1. The van der Waals surface area contributed by atoms with Gasteiger partial charge in [-0.05, 0) is 44.9 Å². The molecule has 0 aliphatic carbocycles. The second-order valence-electron chi connectivity index (χ2n) is 6.17. The maximum atomic E-state index is 10.5. The lowest BCUT2D eigenvalue weighted by Crippen LogP contribution is -2.42. The molecule has 1 saturated heterocycles. The summed E-state index contributed by atoms with van der Waals surface area (Å²) in [5, 5.41) is 8.62. The lowest BCUT2D eigenvalue weighted by molar-refractivity contribution is -0.464. The molecule has 0 bridgehead atoms. The predicted octanol–water partition coefficient (Wildman–Crippen LogP) is 5.36. The van der Waals surface area contributed by atoms with Gasteiger partial charge in [0.15, 0.2) is 0 Å². The quantitative estimate of drug-likeness (QED) is 0.263. The summed E-state index contributed by atoms with van der Waals surface area (Å²) in [5.41, 5.74) is 0. The highest BCUT2D eigenvalue weighted by atomic mass is 17.2. The highest BCUT2D eigenvalue weighted by Crippen LogP contribution is 2.25. The van der Waals surface area contributed by atoms with E-state index in [0.717, 1.165) is 25.7 Å². The zero-order chi connectivity index (χ0) is 17.5. The Hall–Kier alpha value is -1.39. The van der Waals surface area contributed by atoms with E-state index in [0.29, 0.717) is 6.42 Å². The number of hydrogen-bond acceptors (Lipinski definition) is 3. The highest BCUT2D eigenvalue weighted by molar-refractivity contribution is 5.66. The van der Waals surface area contributed by atoms with Crippen molar-refractivity contribution in [3.05, 3.63) is 36.5 Å². The zero-order valence-electron chi connectivity index (χ0n) is 14.9. The molecule has 1 N–H and O–H groups in total. The molecular formula is C20H32O4. The molecule has 1 fully saturated rings. The molecule has 0 unspecified atom stereocenters. The van der Waals surface area contributed by atoms with E-state index in [-0.39, 0.29) is 18.6 Å². The van der Waals surface area contributed by atoms with Crippen molar-refractivity contribution in [2.45, 2.75) is 83.3 Å². The van der Waals surface area contributed by atoms with E-state index in [2.05, 4.69) is 43.4 Å². The van der Waals surface area contributed by atoms with Crippen LogP contribution in [-0.2, 0) is 14.6 Å². The Labute approximate surface area is 146 Å². The van der Waals surface area contributed by atoms with Gasteiger partial charge in [0, 0.05) is 6.42 Å². The van der Waals surface area contributed by atoms with Gasteiger partial charge in [0.2, 0.25) is 0 Å². The smallest absolute Gasteiger partial charge is 0.303 e. The van der Waals surface area contributed by atoms with E-state index < -0.39 is 5.97 Å². The second kappa shape index (κ2) is 14.0. The molecule has 0 spiro atoms. The van der Waals surface area contributed by atoms with Gasteiger partial charge in [-0.3, -0.25) is 4.79 Å². The summed E-state index contributed by atoms with van der Waals surface area (Å²) in [5.74, 6) is -0.755. The molecule has 0 amide bonds. The van der Waals surface area contributed by atoms with Crippen LogP contribution in [0.4, 0.5) is 0 Å². The van der Waals surface area contributed by atoms with Crippen LogP contribution in [0.2, 0.25) is 0 Å². The molecule has 0 radical (unpaired) electrons. The number of unbranched alkanes of at least 4 members (excludes halogenated alkanes) is 3. The third-order valence-corrected chi connectivity index (χ3v) is 3.98. The van der Waals surface area contributed by atoms with Crippen LogP contribution in [0, 0.1) is 0 Å². The standard InChI is InChI=1S/C20H32O4/c1-2-3-4-5-6-7-8-9-10-11-12-13-15-18-19(24-23-18)16-14-17-20(21)22/h6-7,9-10,12-13,18-19H,2-5,8,11,14-17H2,1H3,(H,21,22)/b7-6-,10-9-,13-12-/t18-,19+/m0/s1. The van der Waals surface area contributed by atoms with Gasteiger partial charge < -0.3 is 5.11 Å². The fourth-order valence-electron chi connectivity index (χ4n) is 2.49. The average Bonchev–Trinajstić information content (AvgIpc) is 2.54. The monoisotopic (exact) mass is 336 g/mol. The van der Waals surface area contributed by atoms with Crippen molar-refractivity contribution in [3.8, 4) is 0 Å². The summed E-state index contributed by atoms with van der Waals surface area (Å²) in [6, 6.07) is 0. The van der Waals surface area contributed by atoms with Crippen LogP contribution >= 0.6 is 0 Å². The van der Waals surface area contributed by atoms with Crippen LogP contribution < -0.4 is 0 Å². The van der Waals surface area contributed by atoms with Crippen LogP contribution in [0.3, 0.4) is 0 Å². The Bertz CT molecular complexity index is 412. The first-order valence-corrected chi connectivity index (χ1v) is 9.23. The van der Waals surface area contributed by atoms with Gasteiger partial charge in [0.05, 0.1) is 0 Å². The van der Waals surface area contributed by atoms with Crippen LogP contribution in [0.15, 0.2) is 36.5 Å². The van der Waals surface area contributed by atoms with E-state index in [1.165, 1.54) is 25.7 Å². The number of allylic oxidation sites excluding steroid dienone is 5. The van der Waals surface area contributed by atoms with Crippen LogP contribution in [-0.4, -0.2) is 23.3 Å². The Balaban J connectivity index is 1.99. The van der Waals surface area contributed by atoms with Crippen molar-refractivity contribution < 1.29 is 19.7 Å². The fourth-order valence-corrected chi connectivity index (χ4v) is 2.49. The molecule has 24 heavy (non-hydrogen) atoms. The van der Waals surface area contributed by atoms with E-state index in [4.69, 9.17) is 14.9 Å². The minimum absolute atomic E-state index is 0.0439. The molecule has 0 aromatic heterocycles. The topological polar surface area (TPSA) is 55.8 Å². The third kappa shape index (κ3) is 10.4. The van der Waals surface area contributed by atoms with Crippen LogP contribution in [0.1, 0.15) is 71.1 Å². The largest absolute Gasteiger partial charge is 0.481 e. The summed E-state index contributed by atoms with van der Waals surface area (Å²) in [7, 11) is 0. The first kappa shape index (κ1) is 20.7. The van der Waals surface area contributed by atoms with Gasteiger partial charge >= 0.3 is 5.97 Å². The van der Waals surface area contributed by atoms with Crippen molar-refractivity contribution in [3.63, 3.8) is 0 Å². The number of carboxylic acid groups (broad SMARTS) is 1. The Morgan fingerprint density at radius 1 is 0.917 bits per heavy atom. The normalized spacial score (nSPS) is 21.0. The Morgan fingerprint density at radius 2 is 1.58 bits per heavy atom. The minimum Gasteiger partial charge on any atom is -0.481 e. The Kier molecular flexibility index (Phi) is 12.0. The minimum atomic E-state index is -0.755. The van der Waals surface area contributed by atoms with Crippen molar-refractivity contribution in [1.29, 1.82) is 0 Å². The summed E-state index contributed by atoms with van der Waals surface area (Å²) in [6.45, 7) is 2.23. The summed E-state index contributed by atoms with van der Waals surface area (Å²) in [6.07, 6.45) is 22.7. The maximum Gasteiger partial charge on any atom is 0.303 e. The van der Waals surface area contributed by atoms with Gasteiger partial charge in [0.25, 0.3) is 0 Å². The summed E-state index contributed by atoms with van der Waals surface area (Å²) in [4.78, 5) is 20.6. The summed E-state index contributed by atoms with van der Waals surface area (Å²) >= 11 is 0. The molecular weight excluding hydrogens is 304 g/mol. The van der Waals surface area contributed by atoms with Crippen molar-refractivity contribution in [2.75, 3.05) is 0 Å². The van der Waals surface area contributed by atoms with Gasteiger partial charge in [-0.2, -0.15) is 0 Å². The van der Waals surface area contributed by atoms with E-state index >= 15 is 0 Å². The molecule has 0 aromatic rings. The first-order valence-electron chi connectivity index (χ1n) is 9.23. The molecule has 1 aliphatic rings. The van der Waals surface area contributed by atoms with E-state index in [1.54, 1.807) is 0 Å². The number of carboxylic acids is 1. The third-order valence-electron chi connectivity index (χ3n) is 3.98. The zero-order valence-corrected chi connectivity index (χ0v) is 14.9. The number of carbonyl (C=O) groups is 1. The van der Waals surface area contributed by atoms with Crippen molar-refractivity contribution in [1.82, 2.24) is 0 Å². The predicted molar refractivity (Wildman–Crippen MR) is 96.6 cm³/mol. The first-order chi connectivity index (χ1) is 11.7. The maximum absolute atomic E-state index is 10.5. The number of rotatable bonds is 14. The molecule has 4 nitrogen and oxygen atoms in total. The molecule has 1 rings (SSSR count). The van der Waals surface area contributed by atoms with Gasteiger partial charge in [-0.25, -0.2) is 9.78 Å². The van der Waals surface area contributed by atoms with Crippen molar-refractivity contribution >= 4 is 5.97 Å². The van der Waals surface area contributed by atoms with Crippen LogP contribution in [0.25, 0.3) is 0 Å².